The minimum Gasteiger partial charge on any atom is -0.384 e. The molecule has 0 radical (unpaired) electrons. The molecule has 0 saturated heterocycles. The molecule has 0 unspecified atom stereocenters. The minimum absolute atomic E-state index is 0.388. The van der Waals surface area contributed by atoms with Crippen LogP contribution in [0, 0.1) is 0 Å². The molecule has 0 spiro atoms. The van der Waals surface area contributed by atoms with Gasteiger partial charge in [-0.15, -0.1) is 0 Å². The van der Waals surface area contributed by atoms with Gasteiger partial charge < -0.3 is 10.5 Å². The molecule has 0 aliphatic heterocycles. The fourth-order valence-corrected chi connectivity index (χ4v) is 1.96. The van der Waals surface area contributed by atoms with Gasteiger partial charge in [-0.2, -0.15) is 0 Å². The first-order chi connectivity index (χ1) is 9.60. The molecule has 20 heavy (non-hydrogen) atoms. The first kappa shape index (κ1) is 14.5. The van der Waals surface area contributed by atoms with Crippen LogP contribution in [0.5, 0.6) is 0 Å². The summed E-state index contributed by atoms with van der Waals surface area (Å²) in [6.07, 6.45) is 0. The Kier molecular flexibility index (Phi) is 4.69. The molecule has 106 valence electrons. The van der Waals surface area contributed by atoms with Crippen molar-refractivity contribution in [1.29, 1.82) is 0 Å². The SMILES string of the molecule is CCOCc1nc(N)cc(-c2ccc(C(C)C)cc2)n1. The Morgan fingerprint density at radius 1 is 1.15 bits per heavy atom. The molecule has 4 nitrogen and oxygen atoms in total. The van der Waals surface area contributed by atoms with E-state index in [1.165, 1.54) is 5.56 Å². The van der Waals surface area contributed by atoms with Crippen LogP contribution in [0.4, 0.5) is 5.82 Å². The Balaban J connectivity index is 2.29. The summed E-state index contributed by atoms with van der Waals surface area (Å²) in [5.74, 6) is 1.61. The maximum atomic E-state index is 5.84. The van der Waals surface area contributed by atoms with Crippen molar-refractivity contribution in [3.63, 3.8) is 0 Å². The predicted octanol–water partition coefficient (Wildman–Crippen LogP) is 3.39. The Morgan fingerprint density at radius 2 is 1.85 bits per heavy atom. The van der Waals surface area contributed by atoms with Gasteiger partial charge >= 0.3 is 0 Å². The van der Waals surface area contributed by atoms with Crippen LogP contribution in [0.25, 0.3) is 11.3 Å². The highest BCUT2D eigenvalue weighted by molar-refractivity contribution is 5.62. The third-order valence-electron chi connectivity index (χ3n) is 3.10. The number of hydrogen-bond acceptors (Lipinski definition) is 4. The van der Waals surface area contributed by atoms with Crippen LogP contribution in [0.1, 0.15) is 38.1 Å². The van der Waals surface area contributed by atoms with Crippen molar-refractivity contribution in [3.8, 4) is 11.3 Å². The number of nitrogens with zero attached hydrogens (tertiary/aromatic N) is 2. The minimum atomic E-state index is 0.388. The lowest BCUT2D eigenvalue weighted by atomic mass is 10.0. The molecule has 2 rings (SSSR count). The molecule has 0 atom stereocenters. The highest BCUT2D eigenvalue weighted by atomic mass is 16.5. The van der Waals surface area contributed by atoms with Gasteiger partial charge in [0.15, 0.2) is 5.82 Å². The largest absolute Gasteiger partial charge is 0.384 e. The second kappa shape index (κ2) is 6.48. The number of aromatic nitrogens is 2. The van der Waals surface area contributed by atoms with Crippen molar-refractivity contribution in [2.24, 2.45) is 0 Å². The van der Waals surface area contributed by atoms with E-state index in [2.05, 4.69) is 48.1 Å². The third-order valence-corrected chi connectivity index (χ3v) is 3.10. The van der Waals surface area contributed by atoms with Crippen LogP contribution in [0.2, 0.25) is 0 Å². The maximum Gasteiger partial charge on any atom is 0.157 e. The van der Waals surface area contributed by atoms with Crippen LogP contribution in [-0.4, -0.2) is 16.6 Å². The quantitative estimate of drug-likeness (QED) is 0.905. The standard InChI is InChI=1S/C16H21N3O/c1-4-20-10-16-18-14(9-15(17)19-16)13-7-5-12(6-8-13)11(2)3/h5-9,11H,4,10H2,1-3H3,(H2,17,18,19). The summed E-state index contributed by atoms with van der Waals surface area (Å²) in [5, 5.41) is 0. The number of nitrogens with two attached hydrogens (primary N) is 1. The third kappa shape index (κ3) is 3.54. The van der Waals surface area contributed by atoms with Gasteiger partial charge in [0.2, 0.25) is 0 Å². The molecule has 0 aliphatic rings. The summed E-state index contributed by atoms with van der Waals surface area (Å²) >= 11 is 0. The number of benzene rings is 1. The Bertz CT molecular complexity index is 564. The van der Waals surface area contributed by atoms with Crippen molar-refractivity contribution in [2.75, 3.05) is 12.3 Å². The fourth-order valence-electron chi connectivity index (χ4n) is 1.96. The lowest BCUT2D eigenvalue weighted by Crippen LogP contribution is -2.03. The van der Waals surface area contributed by atoms with E-state index in [1.54, 1.807) is 6.07 Å². The monoisotopic (exact) mass is 271 g/mol. The van der Waals surface area contributed by atoms with E-state index in [4.69, 9.17) is 10.5 Å². The van der Waals surface area contributed by atoms with Gasteiger partial charge in [-0.1, -0.05) is 38.1 Å². The number of anilines is 1. The first-order valence-corrected chi connectivity index (χ1v) is 6.91. The van der Waals surface area contributed by atoms with Crippen LogP contribution < -0.4 is 5.73 Å². The number of hydrogen-bond donors (Lipinski definition) is 1. The summed E-state index contributed by atoms with van der Waals surface area (Å²) in [4.78, 5) is 8.68. The topological polar surface area (TPSA) is 61.0 Å². The molecule has 0 amide bonds. The van der Waals surface area contributed by atoms with Gasteiger partial charge in [0, 0.05) is 18.2 Å². The summed E-state index contributed by atoms with van der Waals surface area (Å²) in [7, 11) is 0. The zero-order chi connectivity index (χ0) is 14.5. The van der Waals surface area contributed by atoms with Crippen LogP contribution in [0.15, 0.2) is 30.3 Å². The summed E-state index contributed by atoms with van der Waals surface area (Å²) in [6, 6.07) is 10.2. The molecule has 0 saturated carbocycles. The molecule has 0 aliphatic carbocycles. The lowest BCUT2D eigenvalue weighted by Gasteiger charge is -2.08. The van der Waals surface area contributed by atoms with Gasteiger partial charge in [0.25, 0.3) is 0 Å². The zero-order valence-corrected chi connectivity index (χ0v) is 12.3. The van der Waals surface area contributed by atoms with Crippen molar-refractivity contribution >= 4 is 5.82 Å². The molecule has 0 fully saturated rings. The maximum absolute atomic E-state index is 5.84. The van der Waals surface area contributed by atoms with E-state index in [9.17, 15) is 0 Å². The lowest BCUT2D eigenvalue weighted by molar-refractivity contribution is 0.128. The van der Waals surface area contributed by atoms with E-state index in [1.807, 2.05) is 6.92 Å². The normalized spacial score (nSPS) is 11.0. The van der Waals surface area contributed by atoms with Crippen LogP contribution in [0.3, 0.4) is 0 Å². The second-order valence-electron chi connectivity index (χ2n) is 5.01. The van der Waals surface area contributed by atoms with Crippen molar-refractivity contribution in [1.82, 2.24) is 9.97 Å². The van der Waals surface area contributed by atoms with Crippen molar-refractivity contribution < 1.29 is 4.74 Å². The molecule has 0 bridgehead atoms. The second-order valence-corrected chi connectivity index (χ2v) is 5.01. The van der Waals surface area contributed by atoms with E-state index in [-0.39, 0.29) is 0 Å². The van der Waals surface area contributed by atoms with E-state index < -0.39 is 0 Å². The molecule has 1 heterocycles. The zero-order valence-electron chi connectivity index (χ0n) is 12.3. The molecular weight excluding hydrogens is 250 g/mol. The Labute approximate surface area is 120 Å². The van der Waals surface area contributed by atoms with Gasteiger partial charge in [0.05, 0.1) is 5.69 Å². The fraction of sp³-hybridized carbons (Fsp3) is 0.375. The summed E-state index contributed by atoms with van der Waals surface area (Å²) in [6.45, 7) is 7.32. The predicted molar refractivity (Wildman–Crippen MR) is 81.3 cm³/mol. The average Bonchev–Trinajstić information content (AvgIpc) is 2.44. The smallest absolute Gasteiger partial charge is 0.157 e. The van der Waals surface area contributed by atoms with E-state index in [0.29, 0.717) is 30.8 Å². The first-order valence-electron chi connectivity index (χ1n) is 6.91. The highest BCUT2D eigenvalue weighted by Gasteiger charge is 2.06. The molecule has 2 N–H and O–H groups in total. The average molecular weight is 271 g/mol. The number of rotatable bonds is 5. The molecular formula is C16H21N3O. The van der Waals surface area contributed by atoms with Gasteiger partial charge in [0.1, 0.15) is 12.4 Å². The van der Waals surface area contributed by atoms with Gasteiger partial charge in [-0.05, 0) is 18.4 Å². The van der Waals surface area contributed by atoms with Crippen molar-refractivity contribution in [3.05, 3.63) is 41.7 Å². The molecule has 1 aromatic heterocycles. The molecule has 1 aromatic carbocycles. The van der Waals surface area contributed by atoms with Gasteiger partial charge in [-0.25, -0.2) is 9.97 Å². The highest BCUT2D eigenvalue weighted by Crippen LogP contribution is 2.22. The van der Waals surface area contributed by atoms with Crippen molar-refractivity contribution in [2.45, 2.75) is 33.3 Å². The van der Waals surface area contributed by atoms with E-state index in [0.717, 1.165) is 11.3 Å². The molecule has 2 aromatic rings. The summed E-state index contributed by atoms with van der Waals surface area (Å²) < 4.78 is 5.34. The summed E-state index contributed by atoms with van der Waals surface area (Å²) in [5.41, 5.74) is 9.03. The number of nitrogen functional groups attached to an aromatic ring is 1. The molecule has 4 heteroatoms. The van der Waals surface area contributed by atoms with Crippen LogP contribution in [-0.2, 0) is 11.3 Å². The Morgan fingerprint density at radius 3 is 2.45 bits per heavy atom. The van der Waals surface area contributed by atoms with E-state index >= 15 is 0 Å². The van der Waals surface area contributed by atoms with Crippen LogP contribution >= 0.6 is 0 Å². The number of ether oxygens (including phenoxy) is 1. The van der Waals surface area contributed by atoms with Gasteiger partial charge in [-0.3, -0.25) is 0 Å². The Hall–Kier alpha value is -1.94.